The van der Waals surface area contributed by atoms with E-state index < -0.39 is 6.04 Å². The quantitative estimate of drug-likeness (QED) is 0.0261. The van der Waals surface area contributed by atoms with Crippen molar-refractivity contribution in [1.29, 1.82) is 0 Å². The number of rotatable bonds is 57. The normalized spacial score (nSPS) is 12.8. The first kappa shape index (κ1) is 119. The molecular formula is C97H177N9O13. The molecule has 688 valence electrons. The summed E-state index contributed by atoms with van der Waals surface area (Å²) in [7, 11) is 0. The Morgan fingerprint density at radius 1 is 0.328 bits per heavy atom. The lowest BCUT2D eigenvalue weighted by Gasteiger charge is -2.32. The molecule has 0 saturated heterocycles. The summed E-state index contributed by atoms with van der Waals surface area (Å²) in [5.74, 6) is -0.183. The standard InChI is InChI=1S/C22H40N2O4.C22H42N2O3.C21H38N2O4.C18H27NO.C14H30N2O/c1-13(2)19(25)11-9-18(22(28)15(5)6)24-20(26)12-10-17(23-16(7)8)21(27)14(3)4;1-15(2)20(25)13-24(14-21(26)16(3)4)19(22(27)17(5)6)11-9-10-12-23-18(7)8;1-14(2)18(24)11-22(12-19(25)15(3)4)9-10-23(21(27)17(7)8)13-20(26)16(5)6;1-11(2)14(7)15-8-16(18(20)12(3)4)10-17(9-15)19-13(5)6;1-10(2)14(17)13(16-12(5)6)8-7-9-15-11(3)4/h13-18,23H,9-12H2,1-8H3,(H,24,26);15-19,23H,9-14H2,1-8H3;14-17H,9-13H2,1-8H3;8-13,19H,7H2,1-6H3;10-13,15-16H,7-9H2,1-6H3/t;;;;13-/m....0/s1. The molecule has 0 saturated carbocycles. The van der Waals surface area contributed by atoms with Gasteiger partial charge in [-0.3, -0.25) is 72.1 Å². The van der Waals surface area contributed by atoms with Crippen molar-refractivity contribution in [2.45, 2.75) is 361 Å². The number of benzene rings is 1. The molecule has 0 bridgehead atoms. The molecule has 22 nitrogen and oxygen atoms in total. The van der Waals surface area contributed by atoms with Crippen molar-refractivity contribution in [2.75, 3.05) is 64.2 Å². The smallest absolute Gasteiger partial charge is 0.225 e. The Labute approximate surface area is 725 Å². The van der Waals surface area contributed by atoms with E-state index in [1.165, 1.54) is 0 Å². The molecule has 0 fully saturated rings. The van der Waals surface area contributed by atoms with Crippen LogP contribution in [0.2, 0.25) is 0 Å². The van der Waals surface area contributed by atoms with Crippen molar-refractivity contribution in [3.63, 3.8) is 0 Å². The number of carbonyl (C=O) groups is 13. The van der Waals surface area contributed by atoms with Crippen LogP contribution in [0.4, 0.5) is 5.69 Å². The zero-order valence-electron chi connectivity index (χ0n) is 82.0. The highest BCUT2D eigenvalue weighted by Crippen LogP contribution is 2.28. The average Bonchev–Trinajstić information content (AvgIpc) is 0.881. The minimum absolute atomic E-state index is 0.00413. The number of nitrogens with one attached hydrogen (secondary N) is 6. The average molecular weight is 1680 g/mol. The Kier molecular flexibility index (Phi) is 63.8. The van der Waals surface area contributed by atoms with Crippen molar-refractivity contribution >= 4 is 86.7 Å². The summed E-state index contributed by atoms with van der Waals surface area (Å²) in [4.78, 5) is 165. The highest BCUT2D eigenvalue weighted by atomic mass is 16.2. The van der Waals surface area contributed by atoms with Crippen LogP contribution in [0, 0.1) is 76.9 Å². The summed E-state index contributed by atoms with van der Waals surface area (Å²) < 4.78 is 0. The number of unbranched alkanes of at least 4 members (excludes halogenated alkanes) is 1. The minimum atomic E-state index is -0.660. The lowest BCUT2D eigenvalue weighted by Crippen LogP contribution is -2.49. The van der Waals surface area contributed by atoms with Crippen molar-refractivity contribution < 1.29 is 62.3 Å². The molecule has 0 aromatic heterocycles. The fourth-order valence-corrected chi connectivity index (χ4v) is 11.8. The molecule has 1 aromatic carbocycles. The number of allylic oxidation sites excluding steroid dienone is 1. The number of anilines is 1. The van der Waals surface area contributed by atoms with E-state index in [2.05, 4.69) is 114 Å². The van der Waals surface area contributed by atoms with Crippen LogP contribution >= 0.6 is 0 Å². The third-order valence-corrected chi connectivity index (χ3v) is 19.9. The van der Waals surface area contributed by atoms with Crippen LogP contribution < -0.4 is 31.9 Å². The third kappa shape index (κ3) is 55.6. The number of nitrogens with zero attached hydrogens (tertiary/aromatic N) is 3. The Morgan fingerprint density at radius 2 is 0.706 bits per heavy atom. The molecule has 119 heavy (non-hydrogen) atoms. The zero-order chi connectivity index (χ0) is 93.3. The van der Waals surface area contributed by atoms with Crippen LogP contribution in [0.5, 0.6) is 0 Å². The van der Waals surface area contributed by atoms with Crippen LogP contribution in [0.25, 0.3) is 5.57 Å². The molecule has 2 amide bonds. The van der Waals surface area contributed by atoms with E-state index in [9.17, 15) is 62.3 Å². The number of amides is 2. The summed E-state index contributed by atoms with van der Waals surface area (Å²) in [5, 5.41) is 19.5. The van der Waals surface area contributed by atoms with Gasteiger partial charge in [0.2, 0.25) is 11.8 Å². The predicted molar refractivity (Wildman–Crippen MR) is 494 cm³/mol. The molecule has 1 aromatic rings. The molecule has 4 atom stereocenters. The molecule has 22 heteroatoms. The first-order valence-electron chi connectivity index (χ1n) is 45.3. The number of hydrogen-bond donors (Lipinski definition) is 6. The van der Waals surface area contributed by atoms with Gasteiger partial charge in [-0.25, -0.2) is 0 Å². The van der Waals surface area contributed by atoms with Crippen molar-refractivity contribution in [3.8, 4) is 0 Å². The Morgan fingerprint density at radius 3 is 1.08 bits per heavy atom. The Hall–Kier alpha value is -6.17. The topological polar surface area (TPSA) is 304 Å². The summed E-state index contributed by atoms with van der Waals surface area (Å²) in [6, 6.07) is 6.40. The monoisotopic (exact) mass is 1680 g/mol. The van der Waals surface area contributed by atoms with Crippen LogP contribution in [0.3, 0.4) is 0 Å². The Bertz CT molecular complexity index is 3110. The van der Waals surface area contributed by atoms with Gasteiger partial charge in [0.1, 0.15) is 28.9 Å². The summed E-state index contributed by atoms with van der Waals surface area (Å²) >= 11 is 0. The lowest BCUT2D eigenvalue weighted by molar-refractivity contribution is -0.139. The maximum atomic E-state index is 12.9. The number of hydrogen-bond acceptors (Lipinski definition) is 20. The van der Waals surface area contributed by atoms with Gasteiger partial charge >= 0.3 is 0 Å². The summed E-state index contributed by atoms with van der Waals surface area (Å²) in [6.45, 7) is 77.1. The zero-order valence-corrected chi connectivity index (χ0v) is 82.0. The van der Waals surface area contributed by atoms with Crippen LogP contribution in [0.15, 0.2) is 24.8 Å². The SMILES string of the molecule is C=C(c1cc(NC(C)C)cc(C(=O)C(C)C)c1)C(C)C.CC(C)C(=O)CN(CCN(CC(=O)C(C)C)C(=O)C(C)C)CC(=O)C(C)C.CC(C)NC(CCC(=O)NC(CCC(=O)C(C)C)C(=O)C(C)C)C(=O)C(C)C.CC(C)NCCCCC(C(=O)C(C)C)N(CC(=O)C(C)C)CC(=O)C(C)C.CC(C)NCCC[C@H](NC(C)C)C(=O)C(C)C. The van der Waals surface area contributed by atoms with E-state index >= 15 is 0 Å². The van der Waals surface area contributed by atoms with Crippen LogP contribution in [-0.2, 0) is 57.5 Å². The molecule has 0 aliphatic heterocycles. The van der Waals surface area contributed by atoms with Crippen molar-refractivity contribution in [2.24, 2.45) is 76.9 Å². The van der Waals surface area contributed by atoms with E-state index in [0.29, 0.717) is 68.2 Å². The van der Waals surface area contributed by atoms with Gasteiger partial charge in [0.05, 0.1) is 56.9 Å². The van der Waals surface area contributed by atoms with E-state index in [1.807, 2.05) is 169 Å². The van der Waals surface area contributed by atoms with Gasteiger partial charge in [-0.1, -0.05) is 248 Å². The fraction of sp³-hybridized carbons (Fsp3) is 0.784. The molecular weight excluding hydrogens is 1500 g/mol. The molecule has 3 unspecified atom stereocenters. The second-order valence-electron chi connectivity index (χ2n) is 38.1. The van der Waals surface area contributed by atoms with Gasteiger partial charge in [-0.05, 0) is 101 Å². The second-order valence-corrected chi connectivity index (χ2v) is 38.1. The number of carbonyl (C=O) groups excluding carboxylic acids is 13. The molecule has 0 heterocycles. The second kappa shape index (κ2) is 63.7. The van der Waals surface area contributed by atoms with Crippen molar-refractivity contribution in [1.82, 2.24) is 41.3 Å². The van der Waals surface area contributed by atoms with E-state index in [4.69, 9.17) is 0 Å². The van der Waals surface area contributed by atoms with E-state index in [-0.39, 0.29) is 210 Å². The first-order chi connectivity index (χ1) is 54.7. The third-order valence-electron chi connectivity index (χ3n) is 19.9. The van der Waals surface area contributed by atoms with Gasteiger partial charge < -0.3 is 36.8 Å². The molecule has 0 aliphatic rings. The van der Waals surface area contributed by atoms with Gasteiger partial charge in [0.15, 0.2) is 34.7 Å². The molecule has 6 N–H and O–H groups in total. The molecule has 1 rings (SSSR count). The molecule has 0 spiro atoms. The van der Waals surface area contributed by atoms with Crippen LogP contribution in [0.1, 0.15) is 323 Å². The maximum Gasteiger partial charge on any atom is 0.225 e. The van der Waals surface area contributed by atoms with E-state index in [0.717, 1.165) is 61.2 Å². The summed E-state index contributed by atoms with van der Waals surface area (Å²) in [5.41, 5.74) is 3.87. The van der Waals surface area contributed by atoms with E-state index in [1.54, 1.807) is 37.5 Å². The highest BCUT2D eigenvalue weighted by molar-refractivity contribution is 5.99. The fourth-order valence-electron chi connectivity index (χ4n) is 11.8. The number of ketones is 11. The summed E-state index contributed by atoms with van der Waals surface area (Å²) in [6.07, 6.45) is 5.65. The largest absolute Gasteiger partial charge is 0.383 e. The number of Topliss-reactive ketones (excluding diaryl/α,β-unsaturated/α-hetero) is 11. The minimum Gasteiger partial charge on any atom is -0.383 e. The molecule has 0 aliphatic carbocycles. The maximum absolute atomic E-state index is 12.9. The van der Waals surface area contributed by atoms with Gasteiger partial charge in [-0.15, -0.1) is 0 Å². The highest BCUT2D eigenvalue weighted by Gasteiger charge is 2.33. The predicted octanol–water partition coefficient (Wildman–Crippen LogP) is 16.4. The first-order valence-corrected chi connectivity index (χ1v) is 45.3. The van der Waals surface area contributed by atoms with Gasteiger partial charge in [0, 0.05) is 138 Å². The lowest BCUT2D eigenvalue weighted by atomic mass is 9.92. The van der Waals surface area contributed by atoms with Crippen molar-refractivity contribution in [3.05, 3.63) is 35.9 Å². The van der Waals surface area contributed by atoms with Gasteiger partial charge in [0.25, 0.3) is 0 Å². The Balaban J connectivity index is -0.000000702. The molecule has 0 radical (unpaired) electrons. The van der Waals surface area contributed by atoms with Crippen LogP contribution in [-0.4, -0.2) is 203 Å². The van der Waals surface area contributed by atoms with Gasteiger partial charge in [-0.2, -0.15) is 0 Å².